The largest absolute Gasteiger partial charge is 0.486 e. The second-order valence-corrected chi connectivity index (χ2v) is 7.32. The molecular formula is C25H21F3O4. The van der Waals surface area contributed by atoms with Crippen LogP contribution in [-0.4, -0.2) is 31.4 Å². The standard InChI is InChI=1S/C25H21F3O4/c1-2-11-30-22-10-9-20(23(27)24(22)28)16-5-3-15(4-6-16)17-7-8-19(21(26)12-17)18-13-31-25(29)32-14-18/h2-10,12,18,25,29H,1,11,13-14H2. The third-order valence-corrected chi connectivity index (χ3v) is 5.25. The molecule has 0 atom stereocenters. The molecule has 1 N–H and O–H groups in total. The van der Waals surface area contributed by atoms with E-state index in [0.29, 0.717) is 16.7 Å². The van der Waals surface area contributed by atoms with Gasteiger partial charge in [0, 0.05) is 11.5 Å². The highest BCUT2D eigenvalue weighted by molar-refractivity contribution is 5.71. The van der Waals surface area contributed by atoms with Gasteiger partial charge in [-0.15, -0.1) is 0 Å². The SMILES string of the molecule is C=CCOc1ccc(-c2ccc(-c3ccc(C4COC(O)OC4)c(F)c3)cc2)c(F)c1F. The fourth-order valence-electron chi connectivity index (χ4n) is 3.57. The summed E-state index contributed by atoms with van der Waals surface area (Å²) in [6, 6.07) is 14.4. The highest BCUT2D eigenvalue weighted by Crippen LogP contribution is 2.32. The van der Waals surface area contributed by atoms with Gasteiger partial charge >= 0.3 is 0 Å². The molecule has 1 saturated heterocycles. The molecule has 0 bridgehead atoms. The van der Waals surface area contributed by atoms with Crippen molar-refractivity contribution in [2.24, 2.45) is 0 Å². The zero-order valence-corrected chi connectivity index (χ0v) is 17.1. The second-order valence-electron chi connectivity index (χ2n) is 7.32. The summed E-state index contributed by atoms with van der Waals surface area (Å²) < 4.78 is 58.6. The number of halogens is 3. The van der Waals surface area contributed by atoms with E-state index in [1.54, 1.807) is 36.4 Å². The van der Waals surface area contributed by atoms with Gasteiger partial charge in [-0.1, -0.05) is 49.1 Å². The Labute approximate surface area is 183 Å². The summed E-state index contributed by atoms with van der Waals surface area (Å²) in [6.07, 6.45) is 1.44. The zero-order chi connectivity index (χ0) is 22.7. The minimum atomic E-state index is -1.28. The molecule has 0 amide bonds. The first-order valence-corrected chi connectivity index (χ1v) is 10.0. The number of ether oxygens (including phenoxy) is 3. The van der Waals surface area contributed by atoms with Crippen molar-refractivity contribution >= 4 is 0 Å². The third-order valence-electron chi connectivity index (χ3n) is 5.25. The molecule has 0 spiro atoms. The van der Waals surface area contributed by atoms with Gasteiger partial charge in [-0.25, -0.2) is 8.78 Å². The summed E-state index contributed by atoms with van der Waals surface area (Å²) in [5.74, 6) is -2.97. The van der Waals surface area contributed by atoms with Crippen molar-refractivity contribution in [3.05, 3.63) is 90.3 Å². The normalized spacial score (nSPS) is 18.4. The Morgan fingerprint density at radius 2 is 1.56 bits per heavy atom. The molecule has 0 unspecified atom stereocenters. The van der Waals surface area contributed by atoms with E-state index in [-0.39, 0.29) is 37.1 Å². The molecule has 0 aliphatic carbocycles. The molecule has 3 aromatic carbocycles. The van der Waals surface area contributed by atoms with Gasteiger partial charge in [-0.3, -0.25) is 0 Å². The van der Waals surface area contributed by atoms with Crippen molar-refractivity contribution in [1.29, 1.82) is 0 Å². The fourth-order valence-corrected chi connectivity index (χ4v) is 3.57. The molecule has 1 aliphatic heterocycles. The molecule has 32 heavy (non-hydrogen) atoms. The molecule has 1 aliphatic rings. The molecule has 4 rings (SSSR count). The Kier molecular flexibility index (Phi) is 6.60. The van der Waals surface area contributed by atoms with E-state index >= 15 is 0 Å². The monoisotopic (exact) mass is 442 g/mol. The highest BCUT2D eigenvalue weighted by Gasteiger charge is 2.24. The molecule has 0 radical (unpaired) electrons. The predicted octanol–water partition coefficient (Wildman–Crippen LogP) is 5.41. The van der Waals surface area contributed by atoms with Crippen LogP contribution in [0.25, 0.3) is 22.3 Å². The van der Waals surface area contributed by atoms with E-state index in [1.165, 1.54) is 24.3 Å². The fraction of sp³-hybridized carbons (Fsp3) is 0.200. The first kappa shape index (κ1) is 22.1. The summed E-state index contributed by atoms with van der Waals surface area (Å²) in [7, 11) is 0. The van der Waals surface area contributed by atoms with Crippen LogP contribution in [0.1, 0.15) is 11.5 Å². The van der Waals surface area contributed by atoms with Gasteiger partial charge in [0.2, 0.25) is 5.82 Å². The molecule has 1 heterocycles. The van der Waals surface area contributed by atoms with Crippen LogP contribution in [0.3, 0.4) is 0 Å². The van der Waals surface area contributed by atoms with Gasteiger partial charge < -0.3 is 19.3 Å². The lowest BCUT2D eigenvalue weighted by molar-refractivity contribution is -0.293. The van der Waals surface area contributed by atoms with Crippen LogP contribution in [-0.2, 0) is 9.47 Å². The maximum absolute atomic E-state index is 14.7. The van der Waals surface area contributed by atoms with Crippen molar-refractivity contribution in [3.63, 3.8) is 0 Å². The van der Waals surface area contributed by atoms with Crippen LogP contribution < -0.4 is 4.74 Å². The number of rotatable bonds is 6. The highest BCUT2D eigenvalue weighted by atomic mass is 19.2. The maximum atomic E-state index is 14.7. The zero-order valence-electron chi connectivity index (χ0n) is 17.1. The summed E-state index contributed by atoms with van der Waals surface area (Å²) >= 11 is 0. The average Bonchev–Trinajstić information content (AvgIpc) is 2.81. The molecular weight excluding hydrogens is 421 g/mol. The lowest BCUT2D eigenvalue weighted by Gasteiger charge is -2.26. The number of aliphatic hydroxyl groups is 1. The topological polar surface area (TPSA) is 47.9 Å². The van der Waals surface area contributed by atoms with Crippen molar-refractivity contribution in [3.8, 4) is 28.0 Å². The van der Waals surface area contributed by atoms with Crippen LogP contribution in [0, 0.1) is 17.5 Å². The second kappa shape index (κ2) is 9.56. The summed E-state index contributed by atoms with van der Waals surface area (Å²) in [5, 5.41) is 9.23. The van der Waals surface area contributed by atoms with Gasteiger partial charge in [-0.2, -0.15) is 4.39 Å². The Balaban J connectivity index is 1.55. The van der Waals surface area contributed by atoms with Crippen LogP contribution >= 0.6 is 0 Å². The predicted molar refractivity (Wildman–Crippen MR) is 114 cm³/mol. The van der Waals surface area contributed by atoms with Crippen molar-refractivity contribution < 1.29 is 32.5 Å². The lowest BCUT2D eigenvalue weighted by Crippen LogP contribution is -2.30. The Bertz CT molecular complexity index is 1110. The minimum absolute atomic E-state index is 0.0719. The van der Waals surface area contributed by atoms with Gasteiger partial charge in [0.05, 0.1) is 13.2 Å². The number of benzene rings is 3. The summed E-state index contributed by atoms with van der Waals surface area (Å²) in [5.41, 5.74) is 2.37. The molecule has 0 aromatic heterocycles. The Morgan fingerprint density at radius 3 is 2.22 bits per heavy atom. The first-order chi connectivity index (χ1) is 15.5. The van der Waals surface area contributed by atoms with E-state index in [2.05, 4.69) is 6.58 Å². The van der Waals surface area contributed by atoms with E-state index in [1.807, 2.05) is 0 Å². The quantitative estimate of drug-likeness (QED) is 0.519. The van der Waals surface area contributed by atoms with Crippen LogP contribution in [0.2, 0.25) is 0 Å². The molecule has 3 aromatic rings. The van der Waals surface area contributed by atoms with Crippen LogP contribution in [0.4, 0.5) is 13.2 Å². The number of hydrogen-bond acceptors (Lipinski definition) is 4. The number of aliphatic hydroxyl groups excluding tert-OH is 1. The van der Waals surface area contributed by atoms with Gasteiger partial charge in [0.1, 0.15) is 12.4 Å². The minimum Gasteiger partial charge on any atom is -0.486 e. The molecule has 0 saturated carbocycles. The Morgan fingerprint density at radius 1 is 0.906 bits per heavy atom. The lowest BCUT2D eigenvalue weighted by atomic mass is 9.95. The van der Waals surface area contributed by atoms with Crippen molar-refractivity contribution in [2.75, 3.05) is 19.8 Å². The first-order valence-electron chi connectivity index (χ1n) is 10.0. The summed E-state index contributed by atoms with van der Waals surface area (Å²) in [6.45, 7) is 2.59. The van der Waals surface area contributed by atoms with E-state index < -0.39 is 23.9 Å². The molecule has 166 valence electrons. The van der Waals surface area contributed by atoms with Gasteiger partial charge in [0.25, 0.3) is 6.48 Å². The van der Waals surface area contributed by atoms with Gasteiger partial charge in [-0.05, 0) is 40.5 Å². The van der Waals surface area contributed by atoms with Crippen LogP contribution in [0.5, 0.6) is 5.75 Å². The average molecular weight is 442 g/mol. The number of hydrogen-bond donors (Lipinski definition) is 1. The van der Waals surface area contributed by atoms with Crippen LogP contribution in [0.15, 0.2) is 67.3 Å². The van der Waals surface area contributed by atoms with Crippen molar-refractivity contribution in [2.45, 2.75) is 12.4 Å². The van der Waals surface area contributed by atoms with E-state index in [0.717, 1.165) is 5.56 Å². The van der Waals surface area contributed by atoms with Crippen molar-refractivity contribution in [1.82, 2.24) is 0 Å². The molecule has 4 nitrogen and oxygen atoms in total. The third kappa shape index (κ3) is 4.55. The Hall–Kier alpha value is -3.13. The molecule has 1 fully saturated rings. The summed E-state index contributed by atoms with van der Waals surface area (Å²) in [4.78, 5) is 0. The molecule has 7 heteroatoms. The van der Waals surface area contributed by atoms with E-state index in [4.69, 9.17) is 14.2 Å². The maximum Gasteiger partial charge on any atom is 0.269 e. The smallest absolute Gasteiger partial charge is 0.269 e. The van der Waals surface area contributed by atoms with E-state index in [9.17, 15) is 18.3 Å². The van der Waals surface area contributed by atoms with Gasteiger partial charge in [0.15, 0.2) is 11.6 Å².